The van der Waals surface area contributed by atoms with E-state index in [1.807, 2.05) is 12.1 Å². The number of thioether (sulfide) groups is 1. The van der Waals surface area contributed by atoms with Gasteiger partial charge < -0.3 is 14.6 Å². The first-order chi connectivity index (χ1) is 13.0. The van der Waals surface area contributed by atoms with Crippen molar-refractivity contribution in [3.05, 3.63) is 59.1 Å². The van der Waals surface area contributed by atoms with E-state index >= 15 is 0 Å². The number of aliphatic carboxylic acids is 1. The number of benzene rings is 2. The van der Waals surface area contributed by atoms with E-state index in [1.165, 1.54) is 4.90 Å². The van der Waals surface area contributed by atoms with Crippen LogP contribution in [0.1, 0.15) is 12.0 Å². The summed E-state index contributed by atoms with van der Waals surface area (Å²) in [4.78, 5) is 29.8. The maximum Gasteiger partial charge on any atom is 0.230 e. The Morgan fingerprint density at radius 1 is 1.26 bits per heavy atom. The largest absolute Gasteiger partial charge is 0.549 e. The third-order valence-electron chi connectivity index (χ3n) is 3.95. The number of carboxylic acids is 1. The third kappa shape index (κ3) is 4.81. The first-order valence-electron chi connectivity index (χ1n) is 8.11. The number of hydrogen-bond donors (Lipinski definition) is 0. The van der Waals surface area contributed by atoms with E-state index in [0.29, 0.717) is 21.6 Å². The molecule has 1 aliphatic heterocycles. The van der Waals surface area contributed by atoms with Gasteiger partial charge in [-0.25, -0.2) is 4.99 Å². The molecule has 0 aromatic heterocycles. The van der Waals surface area contributed by atoms with Gasteiger partial charge in [0.1, 0.15) is 5.75 Å². The molecule has 0 aliphatic carbocycles. The van der Waals surface area contributed by atoms with Crippen LogP contribution >= 0.6 is 23.4 Å². The monoisotopic (exact) mass is 403 g/mol. The van der Waals surface area contributed by atoms with Crippen LogP contribution in [-0.4, -0.2) is 34.3 Å². The molecule has 8 heteroatoms. The molecule has 140 valence electrons. The molecular formula is C19H16ClN2O4S-. The lowest BCUT2D eigenvalue weighted by Gasteiger charge is -2.32. The number of carbonyl (C=O) groups is 2. The predicted octanol–water partition coefficient (Wildman–Crippen LogP) is 2.62. The van der Waals surface area contributed by atoms with Crippen LogP contribution in [0.25, 0.3) is 0 Å². The highest BCUT2D eigenvalue weighted by atomic mass is 35.5. The predicted molar refractivity (Wildman–Crippen MR) is 103 cm³/mol. The molecule has 0 spiro atoms. The van der Waals surface area contributed by atoms with Crippen molar-refractivity contribution < 1.29 is 19.4 Å². The second-order valence-electron chi connectivity index (χ2n) is 5.83. The van der Waals surface area contributed by atoms with Gasteiger partial charge in [0.2, 0.25) is 5.91 Å². The van der Waals surface area contributed by atoms with Crippen molar-refractivity contribution in [2.75, 3.05) is 7.11 Å². The van der Waals surface area contributed by atoms with Gasteiger partial charge in [0.25, 0.3) is 0 Å². The van der Waals surface area contributed by atoms with E-state index < -0.39 is 11.2 Å². The van der Waals surface area contributed by atoms with Crippen molar-refractivity contribution in [3.63, 3.8) is 0 Å². The smallest absolute Gasteiger partial charge is 0.230 e. The van der Waals surface area contributed by atoms with E-state index in [-0.39, 0.29) is 18.9 Å². The number of carboxylic acid groups (broad SMARTS) is 1. The lowest BCUT2D eigenvalue weighted by Crippen LogP contribution is -2.47. The van der Waals surface area contributed by atoms with Crippen molar-refractivity contribution in [2.24, 2.45) is 4.99 Å². The Morgan fingerprint density at radius 3 is 2.52 bits per heavy atom. The summed E-state index contributed by atoms with van der Waals surface area (Å²) in [5, 5.41) is 11.2. The molecule has 1 amide bonds. The standard InChI is InChI=1S/C19H17ClN2O4S/c1-26-15-8-2-12(3-9-15)11-22-17(23)10-16(18(24)25)27-19(22)21-14-6-4-13(20)5-7-14/h2-9,16H,10-11H2,1H3,(H,24,25)/p-1/t16-/m0/s1. The maximum atomic E-state index is 12.6. The van der Waals surface area contributed by atoms with Gasteiger partial charge in [0.05, 0.1) is 30.6 Å². The molecule has 0 radical (unpaired) electrons. The van der Waals surface area contributed by atoms with Gasteiger partial charge in [-0.15, -0.1) is 0 Å². The van der Waals surface area contributed by atoms with Crippen molar-refractivity contribution in [3.8, 4) is 5.75 Å². The summed E-state index contributed by atoms with van der Waals surface area (Å²) in [5.41, 5.74) is 1.45. The van der Waals surface area contributed by atoms with Crippen LogP contribution < -0.4 is 9.84 Å². The highest BCUT2D eigenvalue weighted by molar-refractivity contribution is 8.15. The maximum absolute atomic E-state index is 12.6. The van der Waals surface area contributed by atoms with Crippen molar-refractivity contribution in [2.45, 2.75) is 18.2 Å². The van der Waals surface area contributed by atoms with Crippen LogP contribution in [0.4, 0.5) is 5.69 Å². The number of ether oxygens (including phenoxy) is 1. The molecule has 2 aromatic carbocycles. The Bertz CT molecular complexity index is 868. The average Bonchev–Trinajstić information content (AvgIpc) is 2.66. The van der Waals surface area contributed by atoms with Gasteiger partial charge in [-0.3, -0.25) is 9.69 Å². The molecule has 6 nitrogen and oxygen atoms in total. The van der Waals surface area contributed by atoms with Crippen LogP contribution in [-0.2, 0) is 16.1 Å². The van der Waals surface area contributed by atoms with E-state index in [2.05, 4.69) is 4.99 Å². The van der Waals surface area contributed by atoms with E-state index in [4.69, 9.17) is 16.3 Å². The highest BCUT2D eigenvalue weighted by Gasteiger charge is 2.32. The minimum atomic E-state index is -1.28. The number of hydrogen-bond acceptors (Lipinski definition) is 6. The Kier molecular flexibility index (Phi) is 6.03. The van der Waals surface area contributed by atoms with Crippen LogP contribution in [0.5, 0.6) is 5.75 Å². The Hall–Kier alpha value is -2.51. The molecule has 27 heavy (non-hydrogen) atoms. The summed E-state index contributed by atoms with van der Waals surface area (Å²) in [7, 11) is 1.58. The molecule has 1 heterocycles. The average molecular weight is 404 g/mol. The van der Waals surface area contributed by atoms with Gasteiger partial charge >= 0.3 is 0 Å². The number of carbonyl (C=O) groups excluding carboxylic acids is 2. The molecule has 2 aromatic rings. The topological polar surface area (TPSA) is 82.0 Å². The van der Waals surface area contributed by atoms with Gasteiger partial charge in [0, 0.05) is 11.4 Å². The van der Waals surface area contributed by atoms with Gasteiger partial charge in [0.15, 0.2) is 5.17 Å². The molecule has 0 N–H and O–H groups in total. The molecule has 0 saturated carbocycles. The zero-order valence-corrected chi connectivity index (χ0v) is 16.0. The highest BCUT2D eigenvalue weighted by Crippen LogP contribution is 2.30. The summed E-state index contributed by atoms with van der Waals surface area (Å²) in [6.07, 6.45) is -0.136. The van der Waals surface area contributed by atoms with E-state index in [0.717, 1.165) is 17.3 Å². The fourth-order valence-electron chi connectivity index (χ4n) is 2.52. The molecular weight excluding hydrogens is 388 g/mol. The van der Waals surface area contributed by atoms with E-state index in [1.54, 1.807) is 43.5 Å². The summed E-state index contributed by atoms with van der Waals surface area (Å²) in [6, 6.07) is 14.1. The van der Waals surface area contributed by atoms with Gasteiger partial charge in [-0.2, -0.15) is 0 Å². The molecule has 0 bridgehead atoms. The number of halogens is 1. The zero-order valence-electron chi connectivity index (χ0n) is 14.4. The van der Waals surface area contributed by atoms with Gasteiger partial charge in [-0.1, -0.05) is 35.5 Å². The molecule has 1 fully saturated rings. The Labute approximate surface area is 165 Å². The van der Waals surface area contributed by atoms with Crippen LogP contribution in [0.3, 0.4) is 0 Å². The summed E-state index contributed by atoms with van der Waals surface area (Å²) < 4.78 is 5.14. The molecule has 0 unspecified atom stereocenters. The first-order valence-corrected chi connectivity index (χ1v) is 9.37. The lowest BCUT2D eigenvalue weighted by molar-refractivity contribution is -0.304. The van der Waals surface area contributed by atoms with Crippen LogP contribution in [0.15, 0.2) is 53.5 Å². The van der Waals surface area contributed by atoms with Crippen molar-refractivity contribution >= 4 is 46.1 Å². The number of methoxy groups -OCH3 is 1. The minimum Gasteiger partial charge on any atom is -0.549 e. The van der Waals surface area contributed by atoms with Crippen molar-refractivity contribution in [1.82, 2.24) is 4.90 Å². The number of nitrogens with zero attached hydrogens (tertiary/aromatic N) is 2. The zero-order chi connectivity index (χ0) is 19.4. The quantitative estimate of drug-likeness (QED) is 0.766. The van der Waals surface area contributed by atoms with Crippen LogP contribution in [0.2, 0.25) is 5.02 Å². The normalized spacial score (nSPS) is 18.6. The van der Waals surface area contributed by atoms with E-state index in [9.17, 15) is 14.7 Å². The number of rotatable bonds is 5. The minimum absolute atomic E-state index is 0.136. The number of amidine groups is 1. The molecule has 3 rings (SSSR count). The summed E-state index contributed by atoms with van der Waals surface area (Å²) >= 11 is 6.90. The lowest BCUT2D eigenvalue weighted by atomic mass is 10.2. The Balaban J connectivity index is 1.90. The van der Waals surface area contributed by atoms with Crippen molar-refractivity contribution in [1.29, 1.82) is 0 Å². The number of aliphatic imine (C=N–C) groups is 1. The molecule has 1 aliphatic rings. The van der Waals surface area contributed by atoms with Gasteiger partial charge in [-0.05, 0) is 42.0 Å². The molecule has 1 atom stereocenters. The second-order valence-corrected chi connectivity index (χ2v) is 7.43. The fraction of sp³-hybridized carbons (Fsp3) is 0.211. The second kappa shape index (κ2) is 8.45. The van der Waals surface area contributed by atoms with Crippen LogP contribution in [0, 0.1) is 0 Å². The number of amides is 1. The Morgan fingerprint density at radius 2 is 1.93 bits per heavy atom. The third-order valence-corrected chi connectivity index (χ3v) is 5.37. The molecule has 1 saturated heterocycles. The SMILES string of the molecule is COc1ccc(CN2C(=O)C[C@@H](C(=O)[O-])SC2=Nc2ccc(Cl)cc2)cc1. The first kappa shape index (κ1) is 19.3. The summed E-state index contributed by atoms with van der Waals surface area (Å²) in [6.45, 7) is 0.280. The fourth-order valence-corrected chi connectivity index (χ4v) is 3.68. The summed E-state index contributed by atoms with van der Waals surface area (Å²) in [5.74, 6) is -0.877.